The van der Waals surface area contributed by atoms with Gasteiger partial charge in [-0.25, -0.2) is 0 Å². The highest BCUT2D eigenvalue weighted by molar-refractivity contribution is 5.65. The maximum Gasteiger partial charge on any atom is 0.159 e. The summed E-state index contributed by atoms with van der Waals surface area (Å²) >= 11 is 0. The summed E-state index contributed by atoms with van der Waals surface area (Å²) in [6, 6.07) is 8.02. The zero-order valence-electron chi connectivity index (χ0n) is 15.8. The normalized spacial score (nSPS) is 22.5. The van der Waals surface area contributed by atoms with E-state index in [4.69, 9.17) is 0 Å². The van der Waals surface area contributed by atoms with Crippen molar-refractivity contribution in [1.29, 1.82) is 0 Å². The van der Waals surface area contributed by atoms with Crippen LogP contribution < -0.4 is 10.6 Å². The molecule has 5 N–H and O–H groups in total. The number of aromatic hydroxyl groups is 3. The third-order valence-corrected chi connectivity index (χ3v) is 5.38. The number of hydrogen-bond acceptors (Lipinski definition) is 5. The first kappa shape index (κ1) is 18.2. The fourth-order valence-corrected chi connectivity index (χ4v) is 3.65. The van der Waals surface area contributed by atoms with Crippen molar-refractivity contribution in [2.45, 2.75) is 58.5 Å². The van der Waals surface area contributed by atoms with Crippen LogP contribution in [0.3, 0.4) is 0 Å². The Hall–Kier alpha value is -2.56. The molecule has 0 spiro atoms. The molecule has 2 aromatic rings. The minimum Gasteiger partial charge on any atom is -0.508 e. The molecule has 5 heteroatoms. The molecule has 2 aliphatic heterocycles. The third-order valence-electron chi connectivity index (χ3n) is 5.38. The molecular weight excluding hydrogens is 328 g/mol. The molecule has 2 heterocycles. The number of phenolic OH excluding ortho intramolecular Hbond substituents is 3. The second kappa shape index (κ2) is 6.98. The summed E-state index contributed by atoms with van der Waals surface area (Å²) in [5, 5.41) is 34.8. The maximum atomic E-state index is 9.62. The van der Waals surface area contributed by atoms with Gasteiger partial charge in [0.2, 0.25) is 0 Å². The number of aryl methyl sites for hydroxylation is 1. The van der Waals surface area contributed by atoms with Crippen molar-refractivity contribution < 1.29 is 15.3 Å². The van der Waals surface area contributed by atoms with Crippen LogP contribution in [0.4, 0.5) is 11.4 Å². The van der Waals surface area contributed by atoms with Crippen molar-refractivity contribution in [1.82, 2.24) is 0 Å². The minimum absolute atomic E-state index is 0.0403. The molecule has 0 aromatic heterocycles. The van der Waals surface area contributed by atoms with E-state index in [9.17, 15) is 15.3 Å². The number of hydrogen-bond donors (Lipinski definition) is 5. The van der Waals surface area contributed by atoms with Crippen LogP contribution in [0.1, 0.15) is 50.3 Å². The first-order valence-corrected chi connectivity index (χ1v) is 9.23. The van der Waals surface area contributed by atoms with Gasteiger partial charge in [0.25, 0.3) is 0 Å². The molecule has 0 aliphatic carbocycles. The van der Waals surface area contributed by atoms with Gasteiger partial charge in [0.15, 0.2) is 11.5 Å². The van der Waals surface area contributed by atoms with Gasteiger partial charge in [-0.1, -0.05) is 19.9 Å². The highest BCUT2D eigenvalue weighted by Gasteiger charge is 2.26. The number of phenols is 3. The minimum atomic E-state index is -0.0625. The Bertz CT molecular complexity index is 819. The van der Waals surface area contributed by atoms with Crippen molar-refractivity contribution in [3.8, 4) is 17.2 Å². The zero-order chi connectivity index (χ0) is 19.0. The smallest absolute Gasteiger partial charge is 0.159 e. The lowest BCUT2D eigenvalue weighted by molar-refractivity contribution is 0.403. The molecule has 2 aromatic carbocycles. The van der Waals surface area contributed by atoms with Crippen LogP contribution in [0.15, 0.2) is 24.3 Å². The van der Waals surface area contributed by atoms with Gasteiger partial charge in [0.05, 0.1) is 0 Å². The fourth-order valence-electron chi connectivity index (χ4n) is 3.65. The summed E-state index contributed by atoms with van der Waals surface area (Å²) in [6.07, 6.45) is 1.97. The molecule has 3 atom stereocenters. The van der Waals surface area contributed by atoms with E-state index in [1.54, 1.807) is 12.1 Å². The van der Waals surface area contributed by atoms with E-state index in [1.165, 1.54) is 5.56 Å². The highest BCUT2D eigenvalue weighted by atomic mass is 16.3. The first-order chi connectivity index (χ1) is 12.3. The Kier molecular flexibility index (Phi) is 4.90. The lowest BCUT2D eigenvalue weighted by Gasteiger charge is -2.08. The van der Waals surface area contributed by atoms with Crippen molar-refractivity contribution in [3.05, 3.63) is 41.0 Å². The third kappa shape index (κ3) is 3.39. The number of fused-ring (bicyclic) bond motifs is 2. The number of anilines is 2. The molecule has 26 heavy (non-hydrogen) atoms. The van der Waals surface area contributed by atoms with Crippen LogP contribution in [-0.2, 0) is 12.8 Å². The monoisotopic (exact) mass is 356 g/mol. The zero-order valence-corrected chi connectivity index (χ0v) is 15.8. The van der Waals surface area contributed by atoms with Gasteiger partial charge in [-0.05, 0) is 49.4 Å². The van der Waals surface area contributed by atoms with Gasteiger partial charge < -0.3 is 26.0 Å². The summed E-state index contributed by atoms with van der Waals surface area (Å²) < 4.78 is 0. The Morgan fingerprint density at radius 3 is 2.23 bits per heavy atom. The molecule has 0 saturated heterocycles. The molecule has 0 fully saturated rings. The molecule has 0 bridgehead atoms. The molecule has 0 saturated carbocycles. The molecule has 2 aliphatic rings. The van der Waals surface area contributed by atoms with Gasteiger partial charge in [-0.15, -0.1) is 0 Å². The predicted molar refractivity (Wildman–Crippen MR) is 106 cm³/mol. The summed E-state index contributed by atoms with van der Waals surface area (Å²) in [5.41, 5.74) is 5.48. The van der Waals surface area contributed by atoms with E-state index in [2.05, 4.69) is 44.4 Å². The molecule has 5 nitrogen and oxygen atoms in total. The Balaban J connectivity index is 0.000000151. The molecular formula is C21H28N2O3. The number of rotatable bonds is 1. The number of benzene rings is 2. The quantitative estimate of drug-likeness (QED) is 0.388. The second-order valence-corrected chi connectivity index (χ2v) is 7.39. The Labute approximate surface area is 154 Å². The van der Waals surface area contributed by atoms with Crippen molar-refractivity contribution in [3.63, 3.8) is 0 Å². The van der Waals surface area contributed by atoms with E-state index < -0.39 is 0 Å². The van der Waals surface area contributed by atoms with E-state index in [-0.39, 0.29) is 11.5 Å². The Morgan fingerprint density at radius 2 is 1.54 bits per heavy atom. The SMILES string of the molecule is CC1Nc2cc(O)c(O)cc2C1C.CCc1cc2c(cc1O)NC(C)C2. The first-order valence-electron chi connectivity index (χ1n) is 9.23. The summed E-state index contributed by atoms with van der Waals surface area (Å²) in [4.78, 5) is 0. The van der Waals surface area contributed by atoms with Crippen LogP contribution in [0.2, 0.25) is 0 Å². The lowest BCUT2D eigenvalue weighted by Crippen LogP contribution is -2.12. The predicted octanol–water partition coefficient (Wildman–Crippen LogP) is 4.33. The fraction of sp³-hybridized carbons (Fsp3) is 0.429. The van der Waals surface area contributed by atoms with Gasteiger partial charge in [-0.2, -0.15) is 0 Å². The van der Waals surface area contributed by atoms with E-state index in [1.807, 2.05) is 6.07 Å². The summed E-state index contributed by atoms with van der Waals surface area (Å²) in [5.74, 6) is 0.693. The van der Waals surface area contributed by atoms with Gasteiger partial charge in [-0.3, -0.25) is 0 Å². The average Bonchev–Trinajstić information content (AvgIpc) is 3.07. The van der Waals surface area contributed by atoms with E-state index in [0.717, 1.165) is 35.3 Å². The second-order valence-electron chi connectivity index (χ2n) is 7.39. The van der Waals surface area contributed by atoms with E-state index in [0.29, 0.717) is 23.8 Å². The van der Waals surface area contributed by atoms with Crippen LogP contribution in [0.5, 0.6) is 17.2 Å². The van der Waals surface area contributed by atoms with Crippen molar-refractivity contribution in [2.24, 2.45) is 0 Å². The van der Waals surface area contributed by atoms with Crippen LogP contribution in [-0.4, -0.2) is 27.4 Å². The van der Waals surface area contributed by atoms with Crippen LogP contribution >= 0.6 is 0 Å². The van der Waals surface area contributed by atoms with Gasteiger partial charge in [0, 0.05) is 41.5 Å². The van der Waals surface area contributed by atoms with E-state index >= 15 is 0 Å². The molecule has 4 rings (SSSR count). The lowest BCUT2D eigenvalue weighted by atomic mass is 9.98. The molecule has 0 amide bonds. The summed E-state index contributed by atoms with van der Waals surface area (Å²) in [6.45, 7) is 8.40. The molecule has 3 unspecified atom stereocenters. The topological polar surface area (TPSA) is 84.8 Å². The van der Waals surface area contributed by atoms with Gasteiger partial charge >= 0.3 is 0 Å². The molecule has 0 radical (unpaired) electrons. The average molecular weight is 356 g/mol. The standard InChI is InChI=1S/C11H15NO.C10H13NO2/c1-3-8-5-9-4-7(2)12-10(9)6-11(8)13;1-5-6(2)11-8-4-10(13)9(12)3-7(5)8/h5-7,12-13H,3-4H2,1-2H3;3-6,11-13H,1-2H3. The van der Waals surface area contributed by atoms with Crippen LogP contribution in [0.25, 0.3) is 0 Å². The maximum absolute atomic E-state index is 9.62. The summed E-state index contributed by atoms with van der Waals surface area (Å²) in [7, 11) is 0. The highest BCUT2D eigenvalue weighted by Crippen LogP contribution is 2.41. The number of nitrogens with one attached hydrogen (secondary N) is 2. The van der Waals surface area contributed by atoms with Crippen molar-refractivity contribution >= 4 is 11.4 Å². The Morgan fingerprint density at radius 1 is 0.885 bits per heavy atom. The largest absolute Gasteiger partial charge is 0.508 e. The van der Waals surface area contributed by atoms with Gasteiger partial charge in [0.1, 0.15) is 5.75 Å². The van der Waals surface area contributed by atoms with Crippen LogP contribution in [0, 0.1) is 0 Å². The van der Waals surface area contributed by atoms with Crippen molar-refractivity contribution in [2.75, 3.05) is 10.6 Å². The molecule has 140 valence electrons.